The van der Waals surface area contributed by atoms with Gasteiger partial charge in [0.2, 0.25) is 0 Å². The standard InChI is InChI=1S/C18H21NO/c1-15-7-9-17(10-8-15)18(16-5-3-2-4-6-16)19-11-13-20-14-12-19/h2-10,18H,11-14H2,1H3. The Morgan fingerprint density at radius 1 is 0.850 bits per heavy atom. The van der Waals surface area contributed by atoms with Crippen LogP contribution >= 0.6 is 0 Å². The highest BCUT2D eigenvalue weighted by molar-refractivity contribution is 5.33. The fraction of sp³-hybridized carbons (Fsp3) is 0.333. The molecule has 1 aliphatic rings. The minimum atomic E-state index is 0.334. The fourth-order valence-corrected chi connectivity index (χ4v) is 2.83. The Labute approximate surface area is 121 Å². The molecule has 20 heavy (non-hydrogen) atoms. The third-order valence-electron chi connectivity index (χ3n) is 3.92. The maximum absolute atomic E-state index is 5.50. The summed E-state index contributed by atoms with van der Waals surface area (Å²) >= 11 is 0. The number of hydrogen-bond acceptors (Lipinski definition) is 2. The molecule has 0 N–H and O–H groups in total. The van der Waals surface area contributed by atoms with Gasteiger partial charge in [-0.2, -0.15) is 0 Å². The lowest BCUT2D eigenvalue weighted by Gasteiger charge is -2.35. The first-order chi connectivity index (χ1) is 9.84. The number of nitrogens with zero attached hydrogens (tertiary/aromatic N) is 1. The molecule has 1 aliphatic heterocycles. The Morgan fingerprint density at radius 2 is 1.45 bits per heavy atom. The van der Waals surface area contributed by atoms with Gasteiger partial charge in [0.1, 0.15) is 0 Å². The van der Waals surface area contributed by atoms with E-state index in [0.29, 0.717) is 6.04 Å². The van der Waals surface area contributed by atoms with Gasteiger partial charge in [-0.25, -0.2) is 0 Å². The Morgan fingerprint density at radius 3 is 2.10 bits per heavy atom. The second-order valence-electron chi connectivity index (χ2n) is 5.37. The SMILES string of the molecule is Cc1ccc(C(c2ccccc2)N2CCOCC2)cc1. The van der Waals surface area contributed by atoms with Gasteiger partial charge in [0.25, 0.3) is 0 Å². The summed E-state index contributed by atoms with van der Waals surface area (Å²) in [6.07, 6.45) is 0. The van der Waals surface area contributed by atoms with Crippen molar-refractivity contribution in [1.82, 2.24) is 4.90 Å². The summed E-state index contributed by atoms with van der Waals surface area (Å²) in [4.78, 5) is 2.52. The van der Waals surface area contributed by atoms with Crippen LogP contribution in [-0.2, 0) is 4.74 Å². The third kappa shape index (κ3) is 2.92. The van der Waals surface area contributed by atoms with E-state index in [-0.39, 0.29) is 0 Å². The van der Waals surface area contributed by atoms with Gasteiger partial charge in [-0.1, -0.05) is 60.2 Å². The highest BCUT2D eigenvalue weighted by atomic mass is 16.5. The number of hydrogen-bond donors (Lipinski definition) is 0. The zero-order valence-electron chi connectivity index (χ0n) is 12.0. The number of morpholine rings is 1. The first-order valence-electron chi connectivity index (χ1n) is 7.28. The molecule has 2 nitrogen and oxygen atoms in total. The van der Waals surface area contributed by atoms with Crippen LogP contribution in [0.4, 0.5) is 0 Å². The molecule has 0 amide bonds. The highest BCUT2D eigenvalue weighted by Crippen LogP contribution is 2.29. The molecule has 0 radical (unpaired) electrons. The molecule has 0 spiro atoms. The molecular formula is C18H21NO. The van der Waals surface area contributed by atoms with Crippen LogP contribution in [0.1, 0.15) is 22.7 Å². The molecule has 0 aliphatic carbocycles. The minimum Gasteiger partial charge on any atom is -0.379 e. The zero-order valence-corrected chi connectivity index (χ0v) is 12.0. The van der Waals surface area contributed by atoms with Crippen molar-refractivity contribution in [1.29, 1.82) is 0 Å². The van der Waals surface area contributed by atoms with Crippen LogP contribution in [-0.4, -0.2) is 31.2 Å². The van der Waals surface area contributed by atoms with Crippen molar-refractivity contribution >= 4 is 0 Å². The van der Waals surface area contributed by atoms with Crippen molar-refractivity contribution in [2.75, 3.05) is 26.3 Å². The average Bonchev–Trinajstić information content (AvgIpc) is 2.52. The van der Waals surface area contributed by atoms with Gasteiger partial charge in [0.15, 0.2) is 0 Å². The lowest BCUT2D eigenvalue weighted by atomic mass is 9.96. The summed E-state index contributed by atoms with van der Waals surface area (Å²) < 4.78 is 5.50. The molecule has 3 rings (SSSR count). The van der Waals surface area contributed by atoms with E-state index in [0.717, 1.165) is 26.3 Å². The summed E-state index contributed by atoms with van der Waals surface area (Å²) in [5.74, 6) is 0. The molecule has 0 saturated carbocycles. The van der Waals surface area contributed by atoms with Crippen LogP contribution in [0.25, 0.3) is 0 Å². The Hall–Kier alpha value is -1.64. The second-order valence-corrected chi connectivity index (χ2v) is 5.37. The summed E-state index contributed by atoms with van der Waals surface area (Å²) in [7, 11) is 0. The van der Waals surface area contributed by atoms with Crippen molar-refractivity contribution < 1.29 is 4.74 Å². The molecule has 0 aromatic heterocycles. The van der Waals surface area contributed by atoms with Crippen molar-refractivity contribution in [3.8, 4) is 0 Å². The molecule has 1 atom stereocenters. The molecule has 0 bridgehead atoms. The van der Waals surface area contributed by atoms with E-state index in [2.05, 4.69) is 66.4 Å². The van der Waals surface area contributed by atoms with Gasteiger partial charge in [-0.05, 0) is 18.1 Å². The number of rotatable bonds is 3. The molecule has 1 saturated heterocycles. The molecule has 1 heterocycles. The van der Waals surface area contributed by atoms with Gasteiger partial charge in [0.05, 0.1) is 19.3 Å². The maximum Gasteiger partial charge on any atom is 0.0603 e. The molecular weight excluding hydrogens is 246 g/mol. The molecule has 2 heteroatoms. The first-order valence-corrected chi connectivity index (χ1v) is 7.28. The smallest absolute Gasteiger partial charge is 0.0603 e. The quantitative estimate of drug-likeness (QED) is 0.845. The Balaban J connectivity index is 1.96. The van der Waals surface area contributed by atoms with E-state index >= 15 is 0 Å². The van der Waals surface area contributed by atoms with Crippen molar-refractivity contribution in [3.63, 3.8) is 0 Å². The number of benzene rings is 2. The zero-order chi connectivity index (χ0) is 13.8. The van der Waals surface area contributed by atoms with Gasteiger partial charge < -0.3 is 4.74 Å². The average molecular weight is 267 g/mol. The Kier molecular flexibility index (Phi) is 4.14. The van der Waals surface area contributed by atoms with Crippen molar-refractivity contribution in [3.05, 3.63) is 71.3 Å². The number of aryl methyl sites for hydroxylation is 1. The normalized spacial score (nSPS) is 17.9. The molecule has 2 aromatic rings. The van der Waals surface area contributed by atoms with E-state index in [9.17, 15) is 0 Å². The lowest BCUT2D eigenvalue weighted by molar-refractivity contribution is 0.0239. The molecule has 1 fully saturated rings. The topological polar surface area (TPSA) is 12.5 Å². The van der Waals surface area contributed by atoms with E-state index in [1.807, 2.05) is 0 Å². The van der Waals surface area contributed by atoms with E-state index in [1.54, 1.807) is 0 Å². The molecule has 1 unspecified atom stereocenters. The molecule has 2 aromatic carbocycles. The summed E-state index contributed by atoms with van der Waals surface area (Å²) in [5.41, 5.74) is 4.03. The number of ether oxygens (including phenoxy) is 1. The second kappa shape index (κ2) is 6.21. The van der Waals surface area contributed by atoms with Crippen LogP contribution in [0.15, 0.2) is 54.6 Å². The van der Waals surface area contributed by atoms with Gasteiger partial charge in [-0.15, -0.1) is 0 Å². The van der Waals surface area contributed by atoms with Gasteiger partial charge >= 0.3 is 0 Å². The van der Waals surface area contributed by atoms with Crippen LogP contribution in [0.3, 0.4) is 0 Å². The summed E-state index contributed by atoms with van der Waals surface area (Å²) in [5, 5.41) is 0. The van der Waals surface area contributed by atoms with Crippen molar-refractivity contribution in [2.45, 2.75) is 13.0 Å². The lowest BCUT2D eigenvalue weighted by Crippen LogP contribution is -2.39. The highest BCUT2D eigenvalue weighted by Gasteiger charge is 2.23. The predicted octanol–water partition coefficient (Wildman–Crippen LogP) is 3.42. The fourth-order valence-electron chi connectivity index (χ4n) is 2.83. The van der Waals surface area contributed by atoms with E-state index in [4.69, 9.17) is 4.74 Å². The Bertz CT molecular complexity index is 529. The van der Waals surface area contributed by atoms with E-state index in [1.165, 1.54) is 16.7 Å². The van der Waals surface area contributed by atoms with Crippen LogP contribution < -0.4 is 0 Å². The predicted molar refractivity (Wildman–Crippen MR) is 81.9 cm³/mol. The van der Waals surface area contributed by atoms with Gasteiger partial charge in [0, 0.05) is 13.1 Å². The van der Waals surface area contributed by atoms with Crippen LogP contribution in [0.5, 0.6) is 0 Å². The molecule has 104 valence electrons. The third-order valence-corrected chi connectivity index (χ3v) is 3.92. The monoisotopic (exact) mass is 267 g/mol. The summed E-state index contributed by atoms with van der Waals surface area (Å²) in [6, 6.07) is 20.0. The van der Waals surface area contributed by atoms with Crippen molar-refractivity contribution in [2.24, 2.45) is 0 Å². The summed E-state index contributed by atoms with van der Waals surface area (Å²) in [6.45, 7) is 5.78. The van der Waals surface area contributed by atoms with Crippen LogP contribution in [0, 0.1) is 6.92 Å². The largest absolute Gasteiger partial charge is 0.379 e. The first kappa shape index (κ1) is 13.3. The van der Waals surface area contributed by atoms with E-state index < -0.39 is 0 Å². The van der Waals surface area contributed by atoms with Crippen LogP contribution in [0.2, 0.25) is 0 Å². The minimum absolute atomic E-state index is 0.334. The maximum atomic E-state index is 5.50. The van der Waals surface area contributed by atoms with Gasteiger partial charge in [-0.3, -0.25) is 4.90 Å².